The van der Waals surface area contributed by atoms with Crippen LogP contribution in [0.15, 0.2) is 18.2 Å². The van der Waals surface area contributed by atoms with Crippen molar-refractivity contribution >= 4 is 15.9 Å². The fraction of sp³-hybridized carbons (Fsp3) is 0.571. The SMILES string of the molecule is Cc1cc(C)cc(OC2CC(Br)C2(C)C)c1. The van der Waals surface area contributed by atoms with E-state index in [9.17, 15) is 0 Å². The molecule has 2 rings (SSSR count). The van der Waals surface area contributed by atoms with Gasteiger partial charge in [-0.2, -0.15) is 0 Å². The smallest absolute Gasteiger partial charge is 0.120 e. The van der Waals surface area contributed by atoms with E-state index in [1.807, 2.05) is 0 Å². The van der Waals surface area contributed by atoms with Gasteiger partial charge in [-0.3, -0.25) is 0 Å². The van der Waals surface area contributed by atoms with Crippen LogP contribution in [0.1, 0.15) is 31.4 Å². The molecule has 1 fully saturated rings. The molecule has 88 valence electrons. The minimum Gasteiger partial charge on any atom is -0.490 e. The molecule has 0 aromatic heterocycles. The lowest BCUT2D eigenvalue weighted by Crippen LogP contribution is -2.53. The molecule has 1 aliphatic carbocycles. The third-order valence-corrected chi connectivity index (χ3v) is 5.09. The maximum Gasteiger partial charge on any atom is 0.120 e. The van der Waals surface area contributed by atoms with Crippen LogP contribution in [0, 0.1) is 19.3 Å². The number of hydrogen-bond acceptors (Lipinski definition) is 1. The summed E-state index contributed by atoms with van der Waals surface area (Å²) in [6, 6.07) is 6.40. The first-order valence-corrected chi connectivity index (χ1v) is 6.70. The van der Waals surface area contributed by atoms with Gasteiger partial charge in [0.1, 0.15) is 11.9 Å². The Balaban J connectivity index is 2.11. The molecule has 0 bridgehead atoms. The summed E-state index contributed by atoms with van der Waals surface area (Å²) in [6.07, 6.45) is 1.43. The van der Waals surface area contributed by atoms with Crippen LogP contribution >= 0.6 is 15.9 Å². The maximum atomic E-state index is 6.07. The van der Waals surface area contributed by atoms with Crippen LogP contribution in [0.25, 0.3) is 0 Å². The summed E-state index contributed by atoms with van der Waals surface area (Å²) in [4.78, 5) is 0.580. The van der Waals surface area contributed by atoms with Crippen molar-refractivity contribution in [3.8, 4) is 5.75 Å². The number of aryl methyl sites for hydroxylation is 2. The Labute approximate surface area is 106 Å². The first kappa shape index (κ1) is 12.0. The molecule has 0 heterocycles. The van der Waals surface area contributed by atoms with Crippen LogP contribution in [0.4, 0.5) is 0 Å². The van der Waals surface area contributed by atoms with Crippen LogP contribution in [0.3, 0.4) is 0 Å². The molecule has 1 aromatic carbocycles. The average molecular weight is 283 g/mol. The van der Waals surface area contributed by atoms with Crippen molar-refractivity contribution in [1.29, 1.82) is 0 Å². The van der Waals surface area contributed by atoms with Crippen molar-refractivity contribution in [3.05, 3.63) is 29.3 Å². The van der Waals surface area contributed by atoms with Gasteiger partial charge in [-0.15, -0.1) is 0 Å². The zero-order valence-electron chi connectivity index (χ0n) is 10.4. The second-order valence-electron chi connectivity index (χ2n) is 5.45. The van der Waals surface area contributed by atoms with E-state index in [2.05, 4.69) is 61.8 Å². The van der Waals surface area contributed by atoms with Crippen LogP contribution in [-0.4, -0.2) is 10.9 Å². The summed E-state index contributed by atoms with van der Waals surface area (Å²) in [6.45, 7) is 8.73. The highest BCUT2D eigenvalue weighted by Crippen LogP contribution is 2.47. The van der Waals surface area contributed by atoms with E-state index in [1.165, 1.54) is 11.1 Å². The summed E-state index contributed by atoms with van der Waals surface area (Å²) in [5, 5.41) is 0. The lowest BCUT2D eigenvalue weighted by atomic mass is 9.69. The summed E-state index contributed by atoms with van der Waals surface area (Å²) in [5.74, 6) is 1.01. The van der Waals surface area contributed by atoms with E-state index in [0.29, 0.717) is 10.9 Å². The number of ether oxygens (including phenoxy) is 1. The molecule has 2 heteroatoms. The third-order valence-electron chi connectivity index (χ3n) is 3.53. The number of hydrogen-bond donors (Lipinski definition) is 0. The van der Waals surface area contributed by atoms with Gasteiger partial charge in [0.25, 0.3) is 0 Å². The van der Waals surface area contributed by atoms with E-state index in [1.54, 1.807) is 0 Å². The Bertz CT molecular complexity index is 377. The lowest BCUT2D eigenvalue weighted by Gasteiger charge is -2.48. The molecule has 1 nitrogen and oxygen atoms in total. The zero-order valence-corrected chi connectivity index (χ0v) is 12.0. The molecule has 2 atom stereocenters. The average Bonchev–Trinajstić information content (AvgIpc) is 2.15. The molecule has 1 aliphatic rings. The fourth-order valence-electron chi connectivity index (χ4n) is 2.20. The Hall–Kier alpha value is -0.500. The molecule has 0 saturated heterocycles. The Kier molecular flexibility index (Phi) is 3.04. The predicted octanol–water partition coefficient (Wildman–Crippen LogP) is 4.24. The summed E-state index contributed by atoms with van der Waals surface area (Å²) >= 11 is 3.68. The zero-order chi connectivity index (χ0) is 11.9. The van der Waals surface area contributed by atoms with Crippen LogP contribution in [0.5, 0.6) is 5.75 Å². The highest BCUT2D eigenvalue weighted by atomic mass is 79.9. The van der Waals surface area contributed by atoms with Gasteiger partial charge in [0.2, 0.25) is 0 Å². The van der Waals surface area contributed by atoms with Crippen LogP contribution < -0.4 is 4.74 Å². The molecule has 16 heavy (non-hydrogen) atoms. The standard InChI is InChI=1S/C14H19BrO/c1-9-5-10(2)7-11(6-9)16-13-8-12(15)14(13,3)4/h5-7,12-13H,8H2,1-4H3. The topological polar surface area (TPSA) is 9.23 Å². The first-order chi connectivity index (χ1) is 7.39. The van der Waals surface area contributed by atoms with Crippen LogP contribution in [-0.2, 0) is 0 Å². The van der Waals surface area contributed by atoms with Gasteiger partial charge >= 0.3 is 0 Å². The molecule has 1 saturated carbocycles. The molecule has 0 amide bonds. The van der Waals surface area contributed by atoms with Gasteiger partial charge in [0.05, 0.1) is 0 Å². The van der Waals surface area contributed by atoms with Gasteiger partial charge in [-0.25, -0.2) is 0 Å². The van der Waals surface area contributed by atoms with E-state index in [4.69, 9.17) is 4.74 Å². The van der Waals surface area contributed by atoms with Crippen LogP contribution in [0.2, 0.25) is 0 Å². The molecule has 0 N–H and O–H groups in total. The minimum absolute atomic E-state index is 0.234. The van der Waals surface area contributed by atoms with E-state index < -0.39 is 0 Å². The van der Waals surface area contributed by atoms with Crippen molar-refractivity contribution in [1.82, 2.24) is 0 Å². The molecule has 1 aromatic rings. The molecule has 0 aliphatic heterocycles. The largest absolute Gasteiger partial charge is 0.490 e. The number of benzene rings is 1. The quantitative estimate of drug-likeness (QED) is 0.737. The van der Waals surface area contributed by atoms with Crippen molar-refractivity contribution in [2.45, 2.75) is 45.0 Å². The Morgan fingerprint density at radius 3 is 2.19 bits per heavy atom. The predicted molar refractivity (Wildman–Crippen MR) is 71.4 cm³/mol. The second kappa shape index (κ2) is 4.06. The van der Waals surface area contributed by atoms with Gasteiger partial charge in [-0.05, 0) is 43.5 Å². The van der Waals surface area contributed by atoms with E-state index in [0.717, 1.165) is 12.2 Å². The lowest BCUT2D eigenvalue weighted by molar-refractivity contribution is -0.00785. The van der Waals surface area contributed by atoms with E-state index >= 15 is 0 Å². The van der Waals surface area contributed by atoms with Crippen molar-refractivity contribution in [2.75, 3.05) is 0 Å². The third kappa shape index (κ3) is 2.13. The second-order valence-corrected chi connectivity index (χ2v) is 6.56. The number of rotatable bonds is 2. The molecular weight excluding hydrogens is 264 g/mol. The fourth-order valence-corrected chi connectivity index (χ4v) is 2.84. The molecule has 0 radical (unpaired) electrons. The summed E-state index contributed by atoms with van der Waals surface area (Å²) < 4.78 is 6.07. The summed E-state index contributed by atoms with van der Waals surface area (Å²) in [5.41, 5.74) is 2.77. The van der Waals surface area contributed by atoms with Gasteiger partial charge < -0.3 is 4.74 Å². The summed E-state index contributed by atoms with van der Waals surface area (Å²) in [7, 11) is 0. The molecule has 2 unspecified atom stereocenters. The van der Waals surface area contributed by atoms with Gasteiger partial charge in [0, 0.05) is 10.2 Å². The minimum atomic E-state index is 0.234. The van der Waals surface area contributed by atoms with Crippen molar-refractivity contribution in [3.63, 3.8) is 0 Å². The molecule has 0 spiro atoms. The van der Waals surface area contributed by atoms with Gasteiger partial charge in [-0.1, -0.05) is 35.8 Å². The monoisotopic (exact) mass is 282 g/mol. The molecular formula is C14H19BrO. The Morgan fingerprint density at radius 2 is 1.75 bits per heavy atom. The highest BCUT2D eigenvalue weighted by Gasteiger charge is 2.48. The Morgan fingerprint density at radius 1 is 1.19 bits per heavy atom. The number of alkyl halides is 1. The number of halogens is 1. The maximum absolute atomic E-state index is 6.07. The van der Waals surface area contributed by atoms with Crippen molar-refractivity contribution in [2.24, 2.45) is 5.41 Å². The normalized spacial score (nSPS) is 27.3. The van der Waals surface area contributed by atoms with Crippen molar-refractivity contribution < 1.29 is 4.74 Å². The van der Waals surface area contributed by atoms with E-state index in [-0.39, 0.29) is 5.41 Å². The highest BCUT2D eigenvalue weighted by molar-refractivity contribution is 9.09. The van der Waals surface area contributed by atoms with Gasteiger partial charge in [0.15, 0.2) is 0 Å². The first-order valence-electron chi connectivity index (χ1n) is 5.78.